The number of hydrogen-bond donors (Lipinski definition) is 1. The third-order valence-corrected chi connectivity index (χ3v) is 1.47. The van der Waals surface area contributed by atoms with E-state index in [0.717, 1.165) is 12.8 Å². The fraction of sp³-hybridized carbons (Fsp3) is 0.375. The van der Waals surface area contributed by atoms with Gasteiger partial charge in [0, 0.05) is 6.21 Å². The van der Waals surface area contributed by atoms with Gasteiger partial charge < -0.3 is 5.73 Å². The predicted octanol–water partition coefficient (Wildman–Crippen LogP) is 1.60. The first-order chi connectivity index (χ1) is 4.79. The van der Waals surface area contributed by atoms with E-state index >= 15 is 0 Å². The maximum atomic E-state index is 5.48. The minimum absolute atomic E-state index is 0.628. The average molecular weight is 136 g/mol. The monoisotopic (exact) mass is 136 g/mol. The van der Waals surface area contributed by atoms with Gasteiger partial charge in [-0.25, -0.2) is 4.99 Å². The molecule has 10 heavy (non-hydrogen) atoms. The Bertz CT molecular complexity index is 199. The molecular weight excluding hydrogens is 124 g/mol. The highest BCUT2D eigenvalue weighted by Gasteiger charge is 1.91. The van der Waals surface area contributed by atoms with Gasteiger partial charge >= 0.3 is 0 Å². The summed E-state index contributed by atoms with van der Waals surface area (Å²) >= 11 is 0. The van der Waals surface area contributed by atoms with Crippen molar-refractivity contribution < 1.29 is 0 Å². The molecule has 2 N–H and O–H groups in total. The van der Waals surface area contributed by atoms with E-state index in [9.17, 15) is 0 Å². The summed E-state index contributed by atoms with van der Waals surface area (Å²) in [7, 11) is 0. The Hall–Kier alpha value is -1.05. The molecule has 0 aromatic rings. The SMILES string of the molecule is C/C1=C/C=N/C(N)=C/CC1. The van der Waals surface area contributed by atoms with Crippen molar-refractivity contribution in [3.8, 4) is 0 Å². The molecule has 0 bridgehead atoms. The molecule has 1 rings (SSSR count). The van der Waals surface area contributed by atoms with Crippen molar-refractivity contribution >= 4 is 6.21 Å². The van der Waals surface area contributed by atoms with E-state index in [1.807, 2.05) is 12.2 Å². The lowest BCUT2D eigenvalue weighted by molar-refractivity contribution is 0.958. The molecule has 0 aliphatic carbocycles. The smallest absolute Gasteiger partial charge is 0.119 e. The highest BCUT2D eigenvalue weighted by Crippen LogP contribution is 2.06. The lowest BCUT2D eigenvalue weighted by Crippen LogP contribution is -1.95. The fourth-order valence-corrected chi connectivity index (χ4v) is 0.834. The lowest BCUT2D eigenvalue weighted by atomic mass is 10.1. The summed E-state index contributed by atoms with van der Waals surface area (Å²) in [5.74, 6) is 0.628. The number of nitrogens with zero attached hydrogens (tertiary/aromatic N) is 1. The number of nitrogens with two attached hydrogens (primary N) is 1. The van der Waals surface area contributed by atoms with Crippen LogP contribution in [0.5, 0.6) is 0 Å². The zero-order valence-electron chi connectivity index (χ0n) is 6.17. The highest BCUT2D eigenvalue weighted by molar-refractivity contribution is 5.73. The van der Waals surface area contributed by atoms with Crippen LogP contribution in [0.15, 0.2) is 28.5 Å². The minimum Gasteiger partial charge on any atom is -0.384 e. The molecular formula is C8H12N2. The normalized spacial score (nSPS) is 32.5. The topological polar surface area (TPSA) is 38.4 Å². The Balaban J connectivity index is 2.70. The van der Waals surface area contributed by atoms with E-state index in [0.29, 0.717) is 5.82 Å². The van der Waals surface area contributed by atoms with Crippen LogP contribution in [0.1, 0.15) is 19.8 Å². The summed E-state index contributed by atoms with van der Waals surface area (Å²) in [6, 6.07) is 0. The Labute approximate surface area is 61.1 Å². The van der Waals surface area contributed by atoms with Crippen molar-refractivity contribution in [3.05, 3.63) is 23.5 Å². The third-order valence-electron chi connectivity index (χ3n) is 1.47. The second-order valence-corrected chi connectivity index (χ2v) is 2.46. The van der Waals surface area contributed by atoms with Crippen LogP contribution in [0, 0.1) is 0 Å². The molecule has 0 saturated heterocycles. The van der Waals surface area contributed by atoms with Gasteiger partial charge in [-0.1, -0.05) is 5.57 Å². The minimum atomic E-state index is 0.628. The van der Waals surface area contributed by atoms with Gasteiger partial charge in [0.1, 0.15) is 5.82 Å². The van der Waals surface area contributed by atoms with Crippen molar-refractivity contribution in [1.82, 2.24) is 0 Å². The summed E-state index contributed by atoms with van der Waals surface area (Å²) in [6.45, 7) is 2.10. The van der Waals surface area contributed by atoms with Gasteiger partial charge in [0.05, 0.1) is 0 Å². The molecule has 0 aromatic carbocycles. The number of rotatable bonds is 0. The van der Waals surface area contributed by atoms with Crippen molar-refractivity contribution in [2.75, 3.05) is 0 Å². The first-order valence-electron chi connectivity index (χ1n) is 3.44. The molecule has 0 aromatic heterocycles. The first-order valence-corrected chi connectivity index (χ1v) is 3.44. The van der Waals surface area contributed by atoms with Gasteiger partial charge in [-0.05, 0) is 31.9 Å². The largest absolute Gasteiger partial charge is 0.384 e. The quantitative estimate of drug-likeness (QED) is 0.539. The average Bonchev–Trinajstić information content (AvgIpc) is 1.84. The van der Waals surface area contributed by atoms with E-state index in [1.165, 1.54) is 5.57 Å². The first kappa shape index (κ1) is 7.06. The number of hydrogen-bond acceptors (Lipinski definition) is 2. The molecule has 0 unspecified atom stereocenters. The molecule has 0 amide bonds. The van der Waals surface area contributed by atoms with Crippen LogP contribution in [0.4, 0.5) is 0 Å². The summed E-state index contributed by atoms with van der Waals surface area (Å²) < 4.78 is 0. The standard InChI is InChI=1S/C8H12N2/c1-7-3-2-4-8(9)10-6-5-7/h4-6H,2-3,9H2,1H3/b7-5-,8-4+,10-6+. The van der Waals surface area contributed by atoms with Gasteiger partial charge in [-0.3, -0.25) is 0 Å². The third kappa shape index (κ3) is 2.05. The molecule has 0 spiro atoms. The van der Waals surface area contributed by atoms with Crippen LogP contribution >= 0.6 is 0 Å². The molecule has 2 heteroatoms. The summed E-state index contributed by atoms with van der Waals surface area (Å²) in [4.78, 5) is 3.97. The van der Waals surface area contributed by atoms with Crippen LogP contribution in [-0.4, -0.2) is 6.21 Å². The van der Waals surface area contributed by atoms with Crippen molar-refractivity contribution in [2.24, 2.45) is 10.7 Å². The van der Waals surface area contributed by atoms with Crippen LogP contribution in [-0.2, 0) is 0 Å². The van der Waals surface area contributed by atoms with Gasteiger partial charge in [0.15, 0.2) is 0 Å². The van der Waals surface area contributed by atoms with Crippen molar-refractivity contribution in [1.29, 1.82) is 0 Å². The molecule has 1 aliphatic heterocycles. The zero-order valence-corrected chi connectivity index (χ0v) is 6.17. The second kappa shape index (κ2) is 3.20. The Morgan fingerprint density at radius 1 is 1.60 bits per heavy atom. The Morgan fingerprint density at radius 3 is 3.20 bits per heavy atom. The Kier molecular flexibility index (Phi) is 2.26. The van der Waals surface area contributed by atoms with E-state index in [2.05, 4.69) is 11.9 Å². The van der Waals surface area contributed by atoms with Crippen LogP contribution < -0.4 is 5.73 Å². The molecule has 1 heterocycles. The molecule has 0 atom stereocenters. The molecule has 0 saturated carbocycles. The maximum Gasteiger partial charge on any atom is 0.119 e. The number of aliphatic imine (C=N–C) groups is 1. The van der Waals surface area contributed by atoms with E-state index in [-0.39, 0.29) is 0 Å². The highest BCUT2D eigenvalue weighted by atomic mass is 14.9. The number of allylic oxidation sites excluding steroid dienone is 3. The van der Waals surface area contributed by atoms with Gasteiger partial charge in [-0.15, -0.1) is 0 Å². The van der Waals surface area contributed by atoms with E-state index < -0.39 is 0 Å². The summed E-state index contributed by atoms with van der Waals surface area (Å²) in [5.41, 5.74) is 6.84. The van der Waals surface area contributed by atoms with Crippen LogP contribution in [0.3, 0.4) is 0 Å². The molecule has 0 radical (unpaired) electrons. The second-order valence-electron chi connectivity index (χ2n) is 2.46. The van der Waals surface area contributed by atoms with Crippen LogP contribution in [0.2, 0.25) is 0 Å². The molecule has 1 aliphatic rings. The van der Waals surface area contributed by atoms with Gasteiger partial charge in [-0.2, -0.15) is 0 Å². The summed E-state index contributed by atoms with van der Waals surface area (Å²) in [5, 5.41) is 0. The maximum absolute atomic E-state index is 5.48. The van der Waals surface area contributed by atoms with E-state index in [4.69, 9.17) is 5.73 Å². The van der Waals surface area contributed by atoms with E-state index in [1.54, 1.807) is 6.21 Å². The Morgan fingerprint density at radius 2 is 2.40 bits per heavy atom. The fourth-order valence-electron chi connectivity index (χ4n) is 0.834. The predicted molar refractivity (Wildman–Crippen MR) is 43.8 cm³/mol. The van der Waals surface area contributed by atoms with Crippen molar-refractivity contribution in [3.63, 3.8) is 0 Å². The van der Waals surface area contributed by atoms with Gasteiger partial charge in [0.2, 0.25) is 0 Å². The van der Waals surface area contributed by atoms with Crippen LogP contribution in [0.25, 0.3) is 0 Å². The summed E-state index contributed by atoms with van der Waals surface area (Å²) in [6.07, 6.45) is 7.80. The molecule has 2 nitrogen and oxygen atoms in total. The zero-order chi connectivity index (χ0) is 7.40. The lowest BCUT2D eigenvalue weighted by Gasteiger charge is -1.99. The molecule has 54 valence electrons. The van der Waals surface area contributed by atoms with Gasteiger partial charge in [0.25, 0.3) is 0 Å². The molecule has 0 fully saturated rings. The van der Waals surface area contributed by atoms with Crippen molar-refractivity contribution in [2.45, 2.75) is 19.8 Å².